The summed E-state index contributed by atoms with van der Waals surface area (Å²) in [6.07, 6.45) is 0. The highest BCUT2D eigenvalue weighted by molar-refractivity contribution is 8.14. The third-order valence-electron chi connectivity index (χ3n) is 7.48. The van der Waals surface area contributed by atoms with Crippen molar-refractivity contribution in [2.45, 2.75) is 16.5 Å². The highest BCUT2D eigenvalue weighted by Crippen LogP contribution is 2.53. The summed E-state index contributed by atoms with van der Waals surface area (Å²) in [6.45, 7) is 0. The number of amidine groups is 1. The zero-order chi connectivity index (χ0) is 25.7. The van der Waals surface area contributed by atoms with Crippen LogP contribution in [0.1, 0.15) is 28.3 Å². The van der Waals surface area contributed by atoms with Crippen molar-refractivity contribution < 1.29 is 9.53 Å². The molecule has 0 saturated heterocycles. The van der Waals surface area contributed by atoms with Gasteiger partial charge in [0.25, 0.3) is 5.91 Å². The minimum absolute atomic E-state index is 0.0446. The second-order valence-corrected chi connectivity index (χ2v) is 10.5. The minimum Gasteiger partial charge on any atom is -0.497 e. The van der Waals surface area contributed by atoms with E-state index in [1.165, 1.54) is 0 Å². The Kier molecular flexibility index (Phi) is 5.34. The molecule has 4 nitrogen and oxygen atoms in total. The van der Waals surface area contributed by atoms with E-state index in [1.54, 1.807) is 18.9 Å². The van der Waals surface area contributed by atoms with Crippen molar-refractivity contribution in [1.29, 1.82) is 0 Å². The number of ether oxygens (including phenoxy) is 1. The van der Waals surface area contributed by atoms with Crippen LogP contribution in [-0.2, 0) is 10.3 Å². The topological polar surface area (TPSA) is 41.9 Å². The Morgan fingerprint density at radius 3 is 2.05 bits per heavy atom. The van der Waals surface area contributed by atoms with Crippen molar-refractivity contribution in [2.24, 2.45) is 4.99 Å². The first-order valence-electron chi connectivity index (χ1n) is 12.6. The van der Waals surface area contributed by atoms with Gasteiger partial charge in [0.1, 0.15) is 5.75 Å². The average molecular weight is 513 g/mol. The first kappa shape index (κ1) is 22.8. The Labute approximate surface area is 225 Å². The quantitative estimate of drug-likeness (QED) is 0.256. The van der Waals surface area contributed by atoms with E-state index in [9.17, 15) is 4.79 Å². The molecule has 184 valence electrons. The lowest BCUT2D eigenvalue weighted by atomic mass is 9.82. The van der Waals surface area contributed by atoms with Crippen molar-refractivity contribution in [3.8, 4) is 5.75 Å². The number of thioether (sulfide) groups is 1. The van der Waals surface area contributed by atoms with Crippen LogP contribution in [0.25, 0.3) is 10.8 Å². The molecule has 2 aliphatic heterocycles. The van der Waals surface area contributed by atoms with Gasteiger partial charge in [-0.3, -0.25) is 9.69 Å². The Balaban J connectivity index is 1.50. The molecule has 0 spiro atoms. The zero-order valence-electron chi connectivity index (χ0n) is 20.7. The molecule has 0 radical (unpaired) electrons. The molecule has 2 aliphatic rings. The largest absolute Gasteiger partial charge is 0.497 e. The summed E-state index contributed by atoms with van der Waals surface area (Å²) in [5.41, 5.74) is 2.71. The third kappa shape index (κ3) is 3.32. The van der Waals surface area contributed by atoms with Crippen LogP contribution < -0.4 is 4.74 Å². The fourth-order valence-electron chi connectivity index (χ4n) is 5.68. The summed E-state index contributed by atoms with van der Waals surface area (Å²) in [7, 11) is 1.66. The molecule has 0 bridgehead atoms. The van der Waals surface area contributed by atoms with E-state index in [0.717, 1.165) is 43.7 Å². The molecular weight excluding hydrogens is 488 g/mol. The molecule has 0 aromatic heterocycles. The number of methoxy groups -OCH3 is 1. The Morgan fingerprint density at radius 1 is 0.763 bits per heavy atom. The second kappa shape index (κ2) is 8.89. The molecule has 0 N–H and O–H groups in total. The first-order valence-corrected chi connectivity index (χ1v) is 13.4. The van der Waals surface area contributed by atoms with E-state index in [1.807, 2.05) is 77.7 Å². The molecule has 1 amide bonds. The normalized spacial score (nSPS) is 17.6. The van der Waals surface area contributed by atoms with Gasteiger partial charge < -0.3 is 4.74 Å². The molecule has 5 aromatic rings. The monoisotopic (exact) mass is 512 g/mol. The number of hydrogen-bond donors (Lipinski definition) is 0. The average Bonchev–Trinajstić information content (AvgIpc) is 3.29. The highest BCUT2D eigenvalue weighted by Gasteiger charge is 2.55. The van der Waals surface area contributed by atoms with Crippen molar-refractivity contribution >= 4 is 33.6 Å². The van der Waals surface area contributed by atoms with E-state index in [-0.39, 0.29) is 11.9 Å². The number of carbonyl (C=O) groups excluding carboxylic acids is 1. The molecule has 5 aromatic carbocycles. The number of fused-ring (bicyclic) bond motifs is 4. The van der Waals surface area contributed by atoms with Crippen LogP contribution in [0.4, 0.5) is 0 Å². The van der Waals surface area contributed by atoms with Crippen LogP contribution in [0.2, 0.25) is 0 Å². The molecule has 38 heavy (non-hydrogen) atoms. The van der Waals surface area contributed by atoms with Gasteiger partial charge in [-0.25, -0.2) is 4.99 Å². The highest BCUT2D eigenvalue weighted by atomic mass is 32.2. The van der Waals surface area contributed by atoms with Crippen molar-refractivity contribution in [2.75, 3.05) is 7.11 Å². The maximum absolute atomic E-state index is 14.9. The van der Waals surface area contributed by atoms with Gasteiger partial charge in [-0.2, -0.15) is 0 Å². The number of nitrogens with zero attached hydrogens (tertiary/aromatic N) is 2. The summed E-state index contributed by atoms with van der Waals surface area (Å²) in [5, 5.41) is 3.00. The van der Waals surface area contributed by atoms with Crippen molar-refractivity contribution in [3.05, 3.63) is 144 Å². The minimum atomic E-state index is -1.16. The maximum Gasteiger partial charge on any atom is 0.266 e. The van der Waals surface area contributed by atoms with E-state index < -0.39 is 5.54 Å². The Hall–Kier alpha value is -4.35. The summed E-state index contributed by atoms with van der Waals surface area (Å²) >= 11 is 1.57. The van der Waals surface area contributed by atoms with Crippen LogP contribution in [0.15, 0.2) is 131 Å². The molecule has 0 fully saturated rings. The standard InChI is InChI=1S/C33H24N2O2S/c1-37-26-19-16-23(17-20-26)30-29-27-15-9-8-10-22(27)18-21-28(29)38-32-34-33(31(36)35(30)32,24-11-4-2-5-12-24)25-13-6-3-7-14-25/h2-21,30H,1H3. The zero-order valence-corrected chi connectivity index (χ0v) is 21.6. The number of hydrogen-bond acceptors (Lipinski definition) is 4. The number of aliphatic imine (C=N–C) groups is 1. The maximum atomic E-state index is 14.9. The van der Waals surface area contributed by atoms with Crippen LogP contribution >= 0.6 is 11.8 Å². The lowest BCUT2D eigenvalue weighted by Crippen LogP contribution is -2.44. The van der Waals surface area contributed by atoms with Crippen molar-refractivity contribution in [3.63, 3.8) is 0 Å². The molecule has 1 atom stereocenters. The van der Waals surface area contributed by atoms with Gasteiger partial charge in [0.2, 0.25) is 0 Å². The number of benzene rings is 5. The summed E-state index contributed by atoms with van der Waals surface area (Å²) in [4.78, 5) is 23.2. The van der Waals surface area contributed by atoms with E-state index in [2.05, 4.69) is 48.5 Å². The lowest BCUT2D eigenvalue weighted by molar-refractivity contribution is -0.131. The van der Waals surface area contributed by atoms with E-state index in [0.29, 0.717) is 5.17 Å². The molecule has 1 unspecified atom stereocenters. The van der Waals surface area contributed by atoms with Gasteiger partial charge in [0.15, 0.2) is 10.7 Å². The molecule has 0 saturated carbocycles. The van der Waals surface area contributed by atoms with Gasteiger partial charge in [0.05, 0.1) is 13.2 Å². The lowest BCUT2D eigenvalue weighted by Gasteiger charge is -2.37. The summed E-state index contributed by atoms with van der Waals surface area (Å²) < 4.78 is 5.44. The molecule has 2 heterocycles. The van der Waals surface area contributed by atoms with E-state index >= 15 is 0 Å². The first-order chi connectivity index (χ1) is 18.7. The van der Waals surface area contributed by atoms with Crippen LogP contribution in [0, 0.1) is 0 Å². The SMILES string of the molecule is COc1ccc(C2c3c(ccc4ccccc34)SC3=NC(c4ccccc4)(c4ccccc4)C(=O)N32)cc1. The van der Waals surface area contributed by atoms with Gasteiger partial charge in [-0.1, -0.05) is 115 Å². The molecule has 7 rings (SSSR count). The number of carbonyl (C=O) groups is 1. The van der Waals surface area contributed by atoms with Crippen molar-refractivity contribution in [1.82, 2.24) is 4.90 Å². The van der Waals surface area contributed by atoms with E-state index in [4.69, 9.17) is 9.73 Å². The van der Waals surface area contributed by atoms with Gasteiger partial charge in [-0.05, 0) is 45.7 Å². The summed E-state index contributed by atoms with van der Waals surface area (Å²) in [5.74, 6) is 0.735. The predicted octanol–water partition coefficient (Wildman–Crippen LogP) is 7.19. The number of rotatable bonds is 4. The van der Waals surface area contributed by atoms with Gasteiger partial charge >= 0.3 is 0 Å². The Morgan fingerprint density at radius 2 is 1.39 bits per heavy atom. The van der Waals surface area contributed by atoms with Gasteiger partial charge in [0, 0.05) is 10.5 Å². The fourth-order valence-corrected chi connectivity index (χ4v) is 6.82. The van der Waals surface area contributed by atoms with Crippen LogP contribution in [0.3, 0.4) is 0 Å². The molecule has 5 heteroatoms. The van der Waals surface area contributed by atoms with Crippen LogP contribution in [-0.4, -0.2) is 23.1 Å². The summed E-state index contributed by atoms with van der Waals surface area (Å²) in [6, 6.07) is 40.3. The van der Waals surface area contributed by atoms with Crippen LogP contribution in [0.5, 0.6) is 5.75 Å². The molecule has 0 aliphatic carbocycles. The smallest absolute Gasteiger partial charge is 0.266 e. The molecular formula is C33H24N2O2S. The van der Waals surface area contributed by atoms with Gasteiger partial charge in [-0.15, -0.1) is 0 Å². The third-order valence-corrected chi connectivity index (χ3v) is 8.52. The fraction of sp³-hybridized carbons (Fsp3) is 0.0909. The second-order valence-electron chi connectivity index (χ2n) is 9.49. The Bertz CT molecular complexity index is 1660. The number of amides is 1. The predicted molar refractivity (Wildman–Crippen MR) is 153 cm³/mol.